The minimum absolute atomic E-state index is 0.239. The molecule has 0 heterocycles. The molecule has 0 amide bonds. The van der Waals surface area contributed by atoms with Gasteiger partial charge in [0.15, 0.2) is 0 Å². The average Bonchev–Trinajstić information content (AvgIpc) is 2.13. The minimum atomic E-state index is -0.239. The molecule has 14 heavy (non-hydrogen) atoms. The lowest BCUT2D eigenvalue weighted by Crippen LogP contribution is -2.45. The molecule has 0 radical (unpaired) electrons. The number of hydrogen-bond donors (Lipinski definition) is 1. The third kappa shape index (κ3) is 6.19. The molecule has 0 rings (SSSR count). The molecule has 0 aromatic heterocycles. The van der Waals surface area contributed by atoms with Crippen LogP contribution < -0.4 is 0 Å². The second-order valence-electron chi connectivity index (χ2n) is 4.00. The highest BCUT2D eigenvalue weighted by Gasteiger charge is 2.18. The van der Waals surface area contributed by atoms with Crippen molar-refractivity contribution in [3.8, 4) is 0 Å². The van der Waals surface area contributed by atoms with Crippen molar-refractivity contribution in [3.05, 3.63) is 24.3 Å². The van der Waals surface area contributed by atoms with Gasteiger partial charge in [0.25, 0.3) is 0 Å². The smallest absolute Gasteiger partial charge is 0.0985 e. The van der Waals surface area contributed by atoms with E-state index < -0.39 is 0 Å². The molecule has 0 fully saturated rings. The van der Waals surface area contributed by atoms with E-state index in [1.54, 1.807) is 5.54 Å². The number of quaternary nitrogens is 1. The topological polar surface area (TPSA) is 20.2 Å². The molecule has 0 spiro atoms. The first-order valence-electron chi connectivity index (χ1n) is 4.92. The van der Waals surface area contributed by atoms with Gasteiger partial charge >= 0.3 is 0 Å². The van der Waals surface area contributed by atoms with Crippen molar-refractivity contribution in [2.24, 2.45) is 0 Å². The normalized spacial score (nSPS) is 18.0. The summed E-state index contributed by atoms with van der Waals surface area (Å²) >= 11 is 5.50. The molecule has 0 aromatic carbocycles. The lowest BCUT2D eigenvalue weighted by Gasteiger charge is -2.32. The average molecular weight is 219 g/mol. The fraction of sp³-hybridized carbons (Fsp3) is 0.636. The molecule has 0 saturated carbocycles. The summed E-state index contributed by atoms with van der Waals surface area (Å²) in [5.74, 6) is 0. The van der Waals surface area contributed by atoms with E-state index in [1.165, 1.54) is 0 Å². The molecule has 0 saturated heterocycles. The molecule has 1 N–H and O–H groups in total. The van der Waals surface area contributed by atoms with E-state index >= 15 is 0 Å². The van der Waals surface area contributed by atoms with Gasteiger partial charge in [-0.2, -0.15) is 0 Å². The van der Waals surface area contributed by atoms with Crippen LogP contribution in [0.5, 0.6) is 0 Å². The molecule has 0 aliphatic heterocycles. The third-order valence-corrected chi connectivity index (χ3v) is 2.47. The Balaban J connectivity index is 4.14. The standard InChI is InChI=1S/C11H21ClNO/c1-4-8-13(3,9-5-7-12)10-6-11(2)14/h4-5,7,11,14H,1,6,8-10H2,2-3H3/q+1. The van der Waals surface area contributed by atoms with E-state index in [0.717, 1.165) is 30.5 Å². The van der Waals surface area contributed by atoms with E-state index in [9.17, 15) is 5.11 Å². The number of rotatable bonds is 7. The highest BCUT2D eigenvalue weighted by Crippen LogP contribution is 2.07. The highest BCUT2D eigenvalue weighted by molar-refractivity contribution is 6.25. The van der Waals surface area contributed by atoms with E-state index in [4.69, 9.17) is 11.6 Å². The molecule has 82 valence electrons. The number of halogens is 1. The Bertz CT molecular complexity index is 192. The minimum Gasteiger partial charge on any atom is -0.393 e. The first kappa shape index (κ1) is 13.7. The summed E-state index contributed by atoms with van der Waals surface area (Å²) in [5.41, 5.74) is 1.54. The van der Waals surface area contributed by atoms with Crippen molar-refractivity contribution in [2.75, 3.05) is 26.7 Å². The van der Waals surface area contributed by atoms with Gasteiger partial charge in [-0.25, -0.2) is 0 Å². The number of likely N-dealkylation sites (N-methyl/N-ethyl adjacent to an activating group) is 1. The Morgan fingerprint density at radius 1 is 1.50 bits per heavy atom. The monoisotopic (exact) mass is 218 g/mol. The van der Waals surface area contributed by atoms with Crippen LogP contribution in [0.4, 0.5) is 0 Å². The van der Waals surface area contributed by atoms with Crippen molar-refractivity contribution < 1.29 is 9.59 Å². The van der Waals surface area contributed by atoms with Gasteiger partial charge < -0.3 is 9.59 Å². The Morgan fingerprint density at radius 3 is 2.57 bits per heavy atom. The van der Waals surface area contributed by atoms with Crippen LogP contribution in [0, 0.1) is 0 Å². The molecule has 3 heteroatoms. The Labute approximate surface area is 92.1 Å². The summed E-state index contributed by atoms with van der Waals surface area (Å²) in [6, 6.07) is 0. The van der Waals surface area contributed by atoms with Crippen LogP contribution >= 0.6 is 11.6 Å². The molecule has 2 nitrogen and oxygen atoms in total. The molecule has 0 aliphatic rings. The van der Waals surface area contributed by atoms with Gasteiger partial charge in [-0.1, -0.05) is 18.2 Å². The zero-order valence-electron chi connectivity index (χ0n) is 9.12. The third-order valence-electron chi connectivity index (χ3n) is 2.29. The number of hydrogen-bond acceptors (Lipinski definition) is 1. The highest BCUT2D eigenvalue weighted by atomic mass is 35.5. The molecule has 0 aliphatic carbocycles. The van der Waals surface area contributed by atoms with Crippen LogP contribution in [0.15, 0.2) is 24.3 Å². The van der Waals surface area contributed by atoms with Gasteiger partial charge in [0.05, 0.1) is 32.8 Å². The van der Waals surface area contributed by atoms with Crippen LogP contribution in [-0.4, -0.2) is 42.4 Å². The van der Waals surface area contributed by atoms with E-state index in [2.05, 4.69) is 13.6 Å². The first-order valence-corrected chi connectivity index (χ1v) is 5.35. The van der Waals surface area contributed by atoms with Gasteiger partial charge in [0, 0.05) is 12.0 Å². The van der Waals surface area contributed by atoms with Crippen LogP contribution in [0.2, 0.25) is 0 Å². The van der Waals surface area contributed by atoms with Crippen molar-refractivity contribution in [3.63, 3.8) is 0 Å². The maximum Gasteiger partial charge on any atom is 0.0985 e. The zero-order chi connectivity index (χ0) is 11.0. The summed E-state index contributed by atoms with van der Waals surface area (Å²) in [6.07, 6.45) is 4.41. The Morgan fingerprint density at radius 2 is 2.14 bits per heavy atom. The van der Waals surface area contributed by atoms with Crippen molar-refractivity contribution in [1.82, 2.24) is 0 Å². The van der Waals surface area contributed by atoms with Crippen LogP contribution in [0.1, 0.15) is 13.3 Å². The summed E-state index contributed by atoms with van der Waals surface area (Å²) < 4.78 is 0.845. The Hall–Kier alpha value is -0.310. The fourth-order valence-electron chi connectivity index (χ4n) is 1.36. The zero-order valence-corrected chi connectivity index (χ0v) is 9.87. The molecule has 2 unspecified atom stereocenters. The van der Waals surface area contributed by atoms with Gasteiger partial charge in [-0.05, 0) is 19.1 Å². The quantitative estimate of drug-likeness (QED) is 0.513. The molecular weight excluding hydrogens is 198 g/mol. The SMILES string of the molecule is C=CC[N+](C)(CC=CCl)CCC(C)O. The van der Waals surface area contributed by atoms with Crippen LogP contribution in [-0.2, 0) is 0 Å². The Kier molecular flexibility index (Phi) is 6.89. The molecule has 0 bridgehead atoms. The number of aliphatic hydroxyl groups excluding tert-OH is 1. The van der Waals surface area contributed by atoms with Gasteiger partial charge in [-0.15, -0.1) is 0 Å². The lowest BCUT2D eigenvalue weighted by molar-refractivity contribution is -0.898. The second kappa shape index (κ2) is 7.04. The summed E-state index contributed by atoms with van der Waals surface area (Å²) in [5, 5.41) is 9.23. The van der Waals surface area contributed by atoms with E-state index in [1.807, 2.05) is 19.1 Å². The summed E-state index contributed by atoms with van der Waals surface area (Å²) in [4.78, 5) is 0. The first-order chi connectivity index (χ1) is 6.54. The van der Waals surface area contributed by atoms with Crippen LogP contribution in [0.3, 0.4) is 0 Å². The van der Waals surface area contributed by atoms with Crippen LogP contribution in [0.25, 0.3) is 0 Å². The van der Waals surface area contributed by atoms with Crippen molar-refractivity contribution >= 4 is 11.6 Å². The maximum atomic E-state index is 9.23. The summed E-state index contributed by atoms with van der Waals surface area (Å²) in [7, 11) is 2.14. The van der Waals surface area contributed by atoms with E-state index in [-0.39, 0.29) is 6.10 Å². The van der Waals surface area contributed by atoms with Gasteiger partial charge in [0.1, 0.15) is 0 Å². The fourth-order valence-corrected chi connectivity index (χ4v) is 1.44. The molecule has 0 aromatic rings. The molecular formula is C11H21ClNO+. The van der Waals surface area contributed by atoms with E-state index in [0.29, 0.717) is 0 Å². The lowest BCUT2D eigenvalue weighted by atomic mass is 10.2. The van der Waals surface area contributed by atoms with Gasteiger partial charge in [-0.3, -0.25) is 0 Å². The van der Waals surface area contributed by atoms with Gasteiger partial charge in [0.2, 0.25) is 0 Å². The molecule has 2 atom stereocenters. The number of aliphatic hydroxyl groups is 1. The van der Waals surface area contributed by atoms with Crippen molar-refractivity contribution in [1.29, 1.82) is 0 Å². The second-order valence-corrected chi connectivity index (χ2v) is 4.25. The summed E-state index contributed by atoms with van der Waals surface area (Å²) in [6.45, 7) is 8.27. The number of nitrogens with zero attached hydrogens (tertiary/aromatic N) is 1. The predicted octanol–water partition coefficient (Wildman–Crippen LogP) is 2.14. The maximum absolute atomic E-state index is 9.23. The largest absolute Gasteiger partial charge is 0.393 e. The van der Waals surface area contributed by atoms with Crippen molar-refractivity contribution in [2.45, 2.75) is 19.4 Å². The predicted molar refractivity (Wildman–Crippen MR) is 62.3 cm³/mol.